The van der Waals surface area contributed by atoms with Gasteiger partial charge in [0.2, 0.25) is 0 Å². The van der Waals surface area contributed by atoms with Crippen molar-refractivity contribution < 1.29 is 14.2 Å². The van der Waals surface area contributed by atoms with Crippen LogP contribution in [0, 0.1) is 0 Å². The molecular weight excluding hydrogens is 182 g/mol. The molecular formula is C10H23NO3. The molecule has 0 bridgehead atoms. The lowest BCUT2D eigenvalue weighted by atomic mass is 10.4. The standard InChI is InChI=1S/C10H23NO3/c1-4-13-10(14-5-2)6-8-12-9-7-11-3/h10-11H,4-9H2,1-3H3. The summed E-state index contributed by atoms with van der Waals surface area (Å²) in [6.45, 7) is 7.60. The topological polar surface area (TPSA) is 39.7 Å². The normalized spacial score (nSPS) is 11.1. The van der Waals surface area contributed by atoms with Crippen LogP contribution >= 0.6 is 0 Å². The molecule has 0 amide bonds. The maximum Gasteiger partial charge on any atom is 0.159 e. The first kappa shape index (κ1) is 13.8. The number of ether oxygens (including phenoxy) is 3. The highest BCUT2D eigenvalue weighted by molar-refractivity contribution is 4.45. The monoisotopic (exact) mass is 205 g/mol. The average Bonchev–Trinajstić information content (AvgIpc) is 2.18. The first-order valence-corrected chi connectivity index (χ1v) is 5.30. The Balaban J connectivity index is 3.30. The van der Waals surface area contributed by atoms with Gasteiger partial charge < -0.3 is 19.5 Å². The number of hydrogen-bond acceptors (Lipinski definition) is 4. The van der Waals surface area contributed by atoms with E-state index in [2.05, 4.69) is 5.32 Å². The van der Waals surface area contributed by atoms with Crippen LogP contribution in [0.2, 0.25) is 0 Å². The largest absolute Gasteiger partial charge is 0.380 e. The molecule has 0 heterocycles. The molecule has 0 saturated heterocycles. The van der Waals surface area contributed by atoms with Crippen LogP contribution in [0.15, 0.2) is 0 Å². The predicted octanol–water partition coefficient (Wildman–Crippen LogP) is 1.01. The van der Waals surface area contributed by atoms with Crippen molar-refractivity contribution >= 4 is 0 Å². The Morgan fingerprint density at radius 2 is 1.71 bits per heavy atom. The van der Waals surface area contributed by atoms with Gasteiger partial charge in [-0.15, -0.1) is 0 Å². The molecule has 0 atom stereocenters. The zero-order valence-electron chi connectivity index (χ0n) is 9.54. The van der Waals surface area contributed by atoms with Gasteiger partial charge in [-0.1, -0.05) is 0 Å². The van der Waals surface area contributed by atoms with Crippen molar-refractivity contribution in [1.82, 2.24) is 5.32 Å². The zero-order valence-corrected chi connectivity index (χ0v) is 9.54. The van der Waals surface area contributed by atoms with Gasteiger partial charge in [-0.05, 0) is 20.9 Å². The summed E-state index contributed by atoms with van der Waals surface area (Å²) >= 11 is 0. The maximum absolute atomic E-state index is 5.37. The summed E-state index contributed by atoms with van der Waals surface area (Å²) in [6, 6.07) is 0. The molecule has 0 saturated carbocycles. The Labute approximate surface area is 86.9 Å². The van der Waals surface area contributed by atoms with Crippen LogP contribution in [0.25, 0.3) is 0 Å². The first-order valence-electron chi connectivity index (χ1n) is 5.30. The molecule has 0 radical (unpaired) electrons. The fraction of sp³-hybridized carbons (Fsp3) is 1.00. The minimum absolute atomic E-state index is 0.111. The molecule has 0 aromatic rings. The lowest BCUT2D eigenvalue weighted by Gasteiger charge is -2.16. The molecule has 0 aliphatic carbocycles. The van der Waals surface area contributed by atoms with E-state index in [4.69, 9.17) is 14.2 Å². The van der Waals surface area contributed by atoms with Crippen LogP contribution in [0.5, 0.6) is 0 Å². The lowest BCUT2D eigenvalue weighted by Crippen LogP contribution is -2.21. The van der Waals surface area contributed by atoms with Crippen LogP contribution in [-0.4, -0.2) is 46.3 Å². The van der Waals surface area contributed by atoms with Crippen molar-refractivity contribution in [2.75, 3.05) is 40.0 Å². The van der Waals surface area contributed by atoms with Crippen molar-refractivity contribution in [3.8, 4) is 0 Å². The molecule has 4 heteroatoms. The van der Waals surface area contributed by atoms with Crippen molar-refractivity contribution in [1.29, 1.82) is 0 Å². The summed E-state index contributed by atoms with van der Waals surface area (Å²) in [5.41, 5.74) is 0. The van der Waals surface area contributed by atoms with Gasteiger partial charge in [-0.25, -0.2) is 0 Å². The summed E-state index contributed by atoms with van der Waals surface area (Å²) in [4.78, 5) is 0. The molecule has 0 rings (SSSR count). The van der Waals surface area contributed by atoms with Gasteiger partial charge in [0.15, 0.2) is 6.29 Å². The van der Waals surface area contributed by atoms with E-state index in [1.165, 1.54) is 0 Å². The molecule has 1 N–H and O–H groups in total. The van der Waals surface area contributed by atoms with Gasteiger partial charge in [0.05, 0.1) is 13.2 Å². The van der Waals surface area contributed by atoms with E-state index in [0.717, 1.165) is 19.6 Å². The smallest absolute Gasteiger partial charge is 0.159 e. The van der Waals surface area contributed by atoms with Crippen LogP contribution < -0.4 is 5.32 Å². The second-order valence-electron chi connectivity index (χ2n) is 2.84. The molecule has 0 fully saturated rings. The summed E-state index contributed by atoms with van der Waals surface area (Å²) in [5.74, 6) is 0. The van der Waals surface area contributed by atoms with Gasteiger partial charge in [-0.2, -0.15) is 0 Å². The van der Waals surface area contributed by atoms with Crippen molar-refractivity contribution in [3.63, 3.8) is 0 Å². The van der Waals surface area contributed by atoms with E-state index in [9.17, 15) is 0 Å². The van der Waals surface area contributed by atoms with Gasteiger partial charge in [0.1, 0.15) is 0 Å². The minimum Gasteiger partial charge on any atom is -0.380 e. The van der Waals surface area contributed by atoms with Gasteiger partial charge in [-0.3, -0.25) is 0 Å². The van der Waals surface area contributed by atoms with Gasteiger partial charge >= 0.3 is 0 Å². The molecule has 0 unspecified atom stereocenters. The first-order chi connectivity index (χ1) is 6.85. The highest BCUT2D eigenvalue weighted by Gasteiger charge is 2.06. The Bertz CT molecular complexity index is 106. The second kappa shape index (κ2) is 10.9. The summed E-state index contributed by atoms with van der Waals surface area (Å²) in [7, 11) is 1.91. The fourth-order valence-corrected chi connectivity index (χ4v) is 1.04. The van der Waals surface area contributed by atoms with E-state index in [1.807, 2.05) is 20.9 Å². The van der Waals surface area contributed by atoms with Gasteiger partial charge in [0.25, 0.3) is 0 Å². The molecule has 4 nitrogen and oxygen atoms in total. The predicted molar refractivity (Wildman–Crippen MR) is 56.4 cm³/mol. The second-order valence-corrected chi connectivity index (χ2v) is 2.84. The highest BCUT2D eigenvalue weighted by Crippen LogP contribution is 2.00. The Morgan fingerprint density at radius 3 is 2.21 bits per heavy atom. The Kier molecular flexibility index (Phi) is 10.8. The summed E-state index contributed by atoms with van der Waals surface area (Å²) < 4.78 is 16.1. The molecule has 0 aromatic heterocycles. The number of hydrogen-bond donors (Lipinski definition) is 1. The van der Waals surface area contributed by atoms with Crippen molar-refractivity contribution in [3.05, 3.63) is 0 Å². The third kappa shape index (κ3) is 8.44. The maximum atomic E-state index is 5.37. The van der Waals surface area contributed by atoms with E-state index in [-0.39, 0.29) is 6.29 Å². The number of nitrogens with one attached hydrogen (secondary N) is 1. The third-order valence-corrected chi connectivity index (χ3v) is 1.70. The fourth-order valence-electron chi connectivity index (χ4n) is 1.04. The number of likely N-dealkylation sites (N-methyl/N-ethyl adjacent to an activating group) is 1. The van der Waals surface area contributed by atoms with Crippen LogP contribution in [0.3, 0.4) is 0 Å². The Hall–Kier alpha value is -0.160. The van der Waals surface area contributed by atoms with Crippen LogP contribution in [0.1, 0.15) is 20.3 Å². The van der Waals surface area contributed by atoms with Crippen LogP contribution in [0.4, 0.5) is 0 Å². The highest BCUT2D eigenvalue weighted by atomic mass is 16.7. The van der Waals surface area contributed by atoms with Crippen LogP contribution in [-0.2, 0) is 14.2 Å². The van der Waals surface area contributed by atoms with Gasteiger partial charge in [0, 0.05) is 26.2 Å². The van der Waals surface area contributed by atoms with E-state index in [0.29, 0.717) is 19.8 Å². The molecule has 0 aromatic carbocycles. The average molecular weight is 205 g/mol. The zero-order chi connectivity index (χ0) is 10.6. The van der Waals surface area contributed by atoms with E-state index >= 15 is 0 Å². The van der Waals surface area contributed by atoms with E-state index in [1.54, 1.807) is 0 Å². The Morgan fingerprint density at radius 1 is 1.07 bits per heavy atom. The molecule has 86 valence electrons. The molecule has 0 spiro atoms. The quantitative estimate of drug-likeness (QED) is 0.427. The minimum atomic E-state index is -0.111. The lowest BCUT2D eigenvalue weighted by molar-refractivity contribution is -0.146. The van der Waals surface area contributed by atoms with E-state index < -0.39 is 0 Å². The summed E-state index contributed by atoms with van der Waals surface area (Å²) in [6.07, 6.45) is 0.686. The molecule has 0 aliphatic heterocycles. The molecule has 0 aliphatic rings. The van der Waals surface area contributed by atoms with Crippen molar-refractivity contribution in [2.24, 2.45) is 0 Å². The van der Waals surface area contributed by atoms with Crippen molar-refractivity contribution in [2.45, 2.75) is 26.6 Å². The molecule has 14 heavy (non-hydrogen) atoms. The third-order valence-electron chi connectivity index (χ3n) is 1.70. The SMILES string of the molecule is CCOC(CCOCCNC)OCC. The summed E-state index contributed by atoms with van der Waals surface area (Å²) in [5, 5.41) is 3.02. The number of rotatable bonds is 10.